The van der Waals surface area contributed by atoms with Crippen LogP contribution in [0.1, 0.15) is 50.3 Å². The Morgan fingerprint density at radius 2 is 1.92 bits per heavy atom. The summed E-state index contributed by atoms with van der Waals surface area (Å²) in [6, 6.07) is 8.50. The molecule has 0 unspecified atom stereocenters. The zero-order valence-corrected chi connectivity index (χ0v) is 15.3. The second-order valence-corrected chi connectivity index (χ2v) is 6.98. The molecule has 2 heterocycles. The van der Waals surface area contributed by atoms with Crippen molar-refractivity contribution < 1.29 is 14.8 Å². The van der Waals surface area contributed by atoms with E-state index in [-0.39, 0.29) is 11.8 Å². The molecule has 0 saturated heterocycles. The summed E-state index contributed by atoms with van der Waals surface area (Å²) in [7, 11) is 0. The standard InChI is InChI=1S/C20H27N3O3/c1-15(24)22-13-11-17-16-8-5-6-9-18(16)23(19(17)14-22)12-7-3-2-4-10-20(25)21-26/h5-6,8-9,26H,2-4,7,10-14H2,1H3,(H,21,25). The van der Waals surface area contributed by atoms with E-state index in [1.54, 1.807) is 12.4 Å². The third-order valence-corrected chi connectivity index (χ3v) is 5.27. The lowest BCUT2D eigenvalue weighted by atomic mass is 10.0. The van der Waals surface area contributed by atoms with E-state index >= 15 is 0 Å². The molecule has 0 radical (unpaired) electrons. The maximum atomic E-state index is 11.8. The lowest BCUT2D eigenvalue weighted by Crippen LogP contribution is -2.35. The Hall–Kier alpha value is -2.34. The molecule has 1 aromatic carbocycles. The van der Waals surface area contributed by atoms with Gasteiger partial charge < -0.3 is 9.47 Å². The molecular weight excluding hydrogens is 330 g/mol. The molecule has 3 rings (SSSR count). The first-order valence-electron chi connectivity index (χ1n) is 9.39. The van der Waals surface area contributed by atoms with Gasteiger partial charge >= 0.3 is 0 Å². The highest BCUT2D eigenvalue weighted by molar-refractivity contribution is 5.86. The molecule has 2 amide bonds. The van der Waals surface area contributed by atoms with Gasteiger partial charge in [0.25, 0.3) is 0 Å². The highest BCUT2D eigenvalue weighted by Gasteiger charge is 2.24. The molecule has 26 heavy (non-hydrogen) atoms. The van der Waals surface area contributed by atoms with Gasteiger partial charge in [-0.15, -0.1) is 0 Å². The van der Waals surface area contributed by atoms with Crippen molar-refractivity contribution in [3.63, 3.8) is 0 Å². The number of aromatic nitrogens is 1. The summed E-state index contributed by atoms with van der Waals surface area (Å²) < 4.78 is 2.38. The number of nitrogens with one attached hydrogen (secondary N) is 1. The topological polar surface area (TPSA) is 74.6 Å². The van der Waals surface area contributed by atoms with Crippen LogP contribution in [0, 0.1) is 0 Å². The van der Waals surface area contributed by atoms with Gasteiger partial charge in [-0.1, -0.05) is 31.0 Å². The number of aryl methyl sites for hydroxylation is 1. The highest BCUT2D eigenvalue weighted by atomic mass is 16.5. The minimum absolute atomic E-state index is 0.134. The molecular formula is C20H27N3O3. The lowest BCUT2D eigenvalue weighted by molar-refractivity contribution is -0.130. The van der Waals surface area contributed by atoms with Crippen LogP contribution in [-0.2, 0) is 29.1 Å². The third-order valence-electron chi connectivity index (χ3n) is 5.27. The first-order chi connectivity index (χ1) is 12.6. The summed E-state index contributed by atoms with van der Waals surface area (Å²) in [4.78, 5) is 24.8. The van der Waals surface area contributed by atoms with Crippen LogP contribution in [0.5, 0.6) is 0 Å². The van der Waals surface area contributed by atoms with Crippen LogP contribution in [0.2, 0.25) is 0 Å². The van der Waals surface area contributed by atoms with Crippen LogP contribution >= 0.6 is 0 Å². The smallest absolute Gasteiger partial charge is 0.243 e. The predicted molar refractivity (Wildman–Crippen MR) is 99.7 cm³/mol. The van der Waals surface area contributed by atoms with Crippen molar-refractivity contribution in [2.45, 2.75) is 58.5 Å². The lowest BCUT2D eigenvalue weighted by Gasteiger charge is -2.27. The Labute approximate surface area is 153 Å². The number of nitrogens with zero attached hydrogens (tertiary/aromatic N) is 2. The van der Waals surface area contributed by atoms with Crippen LogP contribution in [0.3, 0.4) is 0 Å². The Morgan fingerprint density at radius 1 is 1.15 bits per heavy atom. The molecule has 6 nitrogen and oxygen atoms in total. The maximum absolute atomic E-state index is 11.8. The number of rotatable bonds is 7. The number of para-hydroxylation sites is 1. The van der Waals surface area contributed by atoms with Gasteiger partial charge in [0, 0.05) is 43.0 Å². The average Bonchev–Trinajstić information content (AvgIpc) is 2.97. The fourth-order valence-electron chi connectivity index (χ4n) is 3.88. The predicted octanol–water partition coefficient (Wildman–Crippen LogP) is 3.00. The second kappa shape index (κ2) is 8.36. The second-order valence-electron chi connectivity index (χ2n) is 6.98. The average molecular weight is 357 g/mol. The van der Waals surface area contributed by atoms with Crippen molar-refractivity contribution in [1.82, 2.24) is 14.9 Å². The summed E-state index contributed by atoms with van der Waals surface area (Å²) in [6.45, 7) is 4.05. The summed E-state index contributed by atoms with van der Waals surface area (Å²) in [6.07, 6.45) is 5.11. The minimum Gasteiger partial charge on any atom is -0.343 e. The van der Waals surface area contributed by atoms with Gasteiger partial charge in [0.15, 0.2) is 0 Å². The van der Waals surface area contributed by atoms with Crippen molar-refractivity contribution in [2.75, 3.05) is 6.54 Å². The van der Waals surface area contributed by atoms with Crippen LogP contribution in [-0.4, -0.2) is 33.0 Å². The molecule has 0 saturated carbocycles. The SMILES string of the molecule is CC(=O)N1CCc2c(n(CCCCCCC(=O)NO)c3ccccc23)C1. The molecule has 0 atom stereocenters. The molecule has 0 aliphatic carbocycles. The quantitative estimate of drug-likeness (QED) is 0.454. The third kappa shape index (κ3) is 3.90. The van der Waals surface area contributed by atoms with Gasteiger partial charge in [-0.05, 0) is 30.9 Å². The van der Waals surface area contributed by atoms with Gasteiger partial charge in [0.2, 0.25) is 11.8 Å². The van der Waals surface area contributed by atoms with Crippen LogP contribution < -0.4 is 5.48 Å². The first-order valence-corrected chi connectivity index (χ1v) is 9.39. The van der Waals surface area contributed by atoms with Crippen molar-refractivity contribution in [1.29, 1.82) is 0 Å². The number of hydrogen-bond acceptors (Lipinski definition) is 3. The van der Waals surface area contributed by atoms with Gasteiger partial charge in [-0.2, -0.15) is 0 Å². The Balaban J connectivity index is 1.69. The molecule has 1 aliphatic heterocycles. The maximum Gasteiger partial charge on any atom is 0.243 e. The number of carbonyl (C=O) groups is 2. The van der Waals surface area contributed by atoms with Gasteiger partial charge in [0.1, 0.15) is 0 Å². The van der Waals surface area contributed by atoms with Crippen LogP contribution in [0.4, 0.5) is 0 Å². The summed E-state index contributed by atoms with van der Waals surface area (Å²) >= 11 is 0. The molecule has 0 bridgehead atoms. The number of benzene rings is 1. The monoisotopic (exact) mass is 357 g/mol. The number of amides is 2. The van der Waals surface area contributed by atoms with Gasteiger partial charge in [-0.25, -0.2) is 5.48 Å². The van der Waals surface area contributed by atoms with E-state index in [9.17, 15) is 9.59 Å². The van der Waals surface area contributed by atoms with Crippen molar-refractivity contribution in [3.05, 3.63) is 35.5 Å². The molecule has 6 heteroatoms. The first kappa shape index (κ1) is 18.5. The zero-order valence-electron chi connectivity index (χ0n) is 15.3. The largest absolute Gasteiger partial charge is 0.343 e. The van der Waals surface area contributed by atoms with E-state index in [1.165, 1.54) is 22.2 Å². The molecule has 2 N–H and O–H groups in total. The fourth-order valence-corrected chi connectivity index (χ4v) is 3.88. The number of fused-ring (bicyclic) bond motifs is 3. The van der Waals surface area contributed by atoms with E-state index < -0.39 is 0 Å². The normalized spacial score (nSPS) is 13.7. The molecule has 1 aliphatic rings. The van der Waals surface area contributed by atoms with E-state index in [1.807, 2.05) is 4.90 Å². The molecule has 2 aromatic rings. The Kier molecular flexibility index (Phi) is 5.93. The summed E-state index contributed by atoms with van der Waals surface area (Å²) in [5.74, 6) is -0.186. The molecule has 1 aromatic heterocycles. The Bertz CT molecular complexity index is 797. The summed E-state index contributed by atoms with van der Waals surface area (Å²) in [5.41, 5.74) is 5.58. The van der Waals surface area contributed by atoms with E-state index in [2.05, 4.69) is 28.8 Å². The Morgan fingerprint density at radius 3 is 2.69 bits per heavy atom. The van der Waals surface area contributed by atoms with E-state index in [4.69, 9.17) is 5.21 Å². The van der Waals surface area contributed by atoms with E-state index in [0.717, 1.165) is 45.2 Å². The van der Waals surface area contributed by atoms with Crippen molar-refractivity contribution in [3.8, 4) is 0 Å². The van der Waals surface area contributed by atoms with Crippen LogP contribution in [0.15, 0.2) is 24.3 Å². The zero-order chi connectivity index (χ0) is 18.5. The van der Waals surface area contributed by atoms with Crippen LogP contribution in [0.25, 0.3) is 10.9 Å². The van der Waals surface area contributed by atoms with E-state index in [0.29, 0.717) is 13.0 Å². The summed E-state index contributed by atoms with van der Waals surface area (Å²) in [5, 5.41) is 9.82. The van der Waals surface area contributed by atoms with Crippen molar-refractivity contribution in [2.24, 2.45) is 0 Å². The minimum atomic E-state index is -0.320. The number of unbranched alkanes of at least 4 members (excludes halogenated alkanes) is 3. The number of hydroxylamine groups is 1. The fraction of sp³-hybridized carbons (Fsp3) is 0.500. The number of hydrogen-bond donors (Lipinski definition) is 2. The van der Waals surface area contributed by atoms with Gasteiger partial charge in [0.05, 0.1) is 6.54 Å². The highest BCUT2D eigenvalue weighted by Crippen LogP contribution is 2.31. The molecule has 0 fully saturated rings. The molecule has 0 spiro atoms. The van der Waals surface area contributed by atoms with Gasteiger partial charge in [-0.3, -0.25) is 14.8 Å². The molecule has 140 valence electrons. The number of carbonyl (C=O) groups excluding carboxylic acids is 2. The van der Waals surface area contributed by atoms with Crippen molar-refractivity contribution >= 4 is 22.7 Å².